The van der Waals surface area contributed by atoms with E-state index in [1.54, 1.807) is 6.07 Å². The van der Waals surface area contributed by atoms with Crippen molar-refractivity contribution in [2.45, 2.75) is 26.3 Å². The number of likely N-dealkylation sites (N-methyl/N-ethyl adjacent to an activating group) is 1. The van der Waals surface area contributed by atoms with Gasteiger partial charge in [-0.15, -0.1) is 0 Å². The third-order valence-corrected chi connectivity index (χ3v) is 4.99. The molecule has 21 heavy (non-hydrogen) atoms. The van der Waals surface area contributed by atoms with Crippen LogP contribution in [0.4, 0.5) is 4.39 Å². The molecule has 2 rings (SSSR count). The second-order valence-corrected chi connectivity index (χ2v) is 7.13. The fourth-order valence-electron chi connectivity index (χ4n) is 2.40. The van der Waals surface area contributed by atoms with E-state index in [0.29, 0.717) is 0 Å². The number of aryl methyl sites for hydroxylation is 1. The van der Waals surface area contributed by atoms with Crippen LogP contribution >= 0.6 is 38.5 Å². The van der Waals surface area contributed by atoms with E-state index < -0.39 is 0 Å². The minimum absolute atomic E-state index is 0.171. The van der Waals surface area contributed by atoms with Crippen molar-refractivity contribution in [3.8, 4) is 0 Å². The number of rotatable bonds is 5. The van der Waals surface area contributed by atoms with Crippen molar-refractivity contribution >= 4 is 38.5 Å². The molecule has 0 aliphatic carbocycles. The topological polar surface area (TPSA) is 12.0 Å². The lowest BCUT2D eigenvalue weighted by Crippen LogP contribution is -2.24. The first-order chi connectivity index (χ1) is 10.0. The van der Waals surface area contributed by atoms with Crippen LogP contribution in [-0.2, 0) is 6.42 Å². The van der Waals surface area contributed by atoms with Gasteiger partial charge in [0.05, 0.1) is 0 Å². The van der Waals surface area contributed by atoms with Crippen molar-refractivity contribution in [3.05, 3.63) is 66.9 Å². The van der Waals surface area contributed by atoms with Crippen LogP contribution in [0, 0.1) is 16.3 Å². The molecular formula is C17H18BrFIN. The van der Waals surface area contributed by atoms with Crippen LogP contribution in [0.25, 0.3) is 0 Å². The Hall–Kier alpha value is -0.460. The smallest absolute Gasteiger partial charge is 0.123 e. The molecule has 1 nitrogen and oxygen atoms in total. The monoisotopic (exact) mass is 461 g/mol. The lowest BCUT2D eigenvalue weighted by molar-refractivity contribution is 0.543. The molecule has 0 heterocycles. The van der Waals surface area contributed by atoms with Crippen LogP contribution in [0.3, 0.4) is 0 Å². The van der Waals surface area contributed by atoms with Crippen molar-refractivity contribution in [1.29, 1.82) is 0 Å². The zero-order valence-electron chi connectivity index (χ0n) is 12.1. The highest BCUT2D eigenvalue weighted by Crippen LogP contribution is 2.27. The minimum atomic E-state index is -0.171. The first-order valence-electron chi connectivity index (χ1n) is 6.94. The van der Waals surface area contributed by atoms with Gasteiger partial charge < -0.3 is 5.32 Å². The van der Waals surface area contributed by atoms with Crippen LogP contribution in [0.5, 0.6) is 0 Å². The van der Waals surface area contributed by atoms with Crippen molar-refractivity contribution < 1.29 is 4.39 Å². The fraction of sp³-hybridized carbons (Fsp3) is 0.294. The standard InChI is InChI=1S/C17H18BrFIN/c1-3-21-17(15-10-13(18)5-7-16(15)20)9-12-8-14(19)6-4-11(12)2/h4-8,10,17,21H,3,9H2,1-2H3. The maximum Gasteiger partial charge on any atom is 0.123 e. The van der Waals surface area contributed by atoms with Gasteiger partial charge in [-0.05, 0) is 89.5 Å². The van der Waals surface area contributed by atoms with Crippen molar-refractivity contribution in [2.24, 2.45) is 0 Å². The third kappa shape index (κ3) is 4.50. The summed E-state index contributed by atoms with van der Waals surface area (Å²) < 4.78 is 15.8. The van der Waals surface area contributed by atoms with E-state index >= 15 is 0 Å². The number of halogens is 3. The molecule has 4 heteroatoms. The highest BCUT2D eigenvalue weighted by Gasteiger charge is 2.16. The van der Waals surface area contributed by atoms with Crippen LogP contribution in [-0.4, -0.2) is 6.54 Å². The van der Waals surface area contributed by atoms with Crippen LogP contribution < -0.4 is 5.32 Å². The van der Waals surface area contributed by atoms with Gasteiger partial charge in [0.25, 0.3) is 0 Å². The van der Waals surface area contributed by atoms with Crippen molar-refractivity contribution in [2.75, 3.05) is 6.54 Å². The summed E-state index contributed by atoms with van der Waals surface area (Å²) in [5, 5.41) is 3.51. The third-order valence-electron chi connectivity index (χ3n) is 3.52. The summed E-state index contributed by atoms with van der Waals surface area (Å²) >= 11 is 5.89. The van der Waals surface area contributed by atoms with Gasteiger partial charge in [-0.3, -0.25) is 0 Å². The predicted molar refractivity (Wildman–Crippen MR) is 98.1 cm³/mol. The largest absolute Gasteiger partial charge is 0.310 e. The van der Waals surface area contributed by atoms with Gasteiger partial charge >= 0.3 is 0 Å². The number of hydrogen-bond acceptors (Lipinski definition) is 1. The molecule has 0 saturated carbocycles. The number of hydrogen-bond donors (Lipinski definition) is 1. The Morgan fingerprint density at radius 1 is 1.24 bits per heavy atom. The van der Waals surface area contributed by atoms with Gasteiger partial charge in [-0.25, -0.2) is 4.39 Å². The molecule has 1 N–H and O–H groups in total. The van der Waals surface area contributed by atoms with E-state index in [9.17, 15) is 4.39 Å². The molecule has 2 aromatic carbocycles. The molecular weight excluding hydrogens is 444 g/mol. The molecule has 2 aromatic rings. The van der Waals surface area contributed by atoms with Gasteiger partial charge in [-0.2, -0.15) is 0 Å². The number of benzene rings is 2. The Kier molecular flexibility index (Phi) is 6.20. The molecule has 1 unspecified atom stereocenters. The molecule has 0 aromatic heterocycles. The van der Waals surface area contributed by atoms with Crippen LogP contribution in [0.2, 0.25) is 0 Å². The Morgan fingerprint density at radius 3 is 2.71 bits per heavy atom. The maximum atomic E-state index is 13.5. The van der Waals surface area contributed by atoms with Crippen molar-refractivity contribution in [3.63, 3.8) is 0 Å². The fourth-order valence-corrected chi connectivity index (χ4v) is 3.49. The summed E-state index contributed by atoms with van der Waals surface area (Å²) in [5.74, 6) is -0.171. The van der Waals surface area contributed by atoms with E-state index in [0.717, 1.165) is 28.6 Å². The summed E-state index contributed by atoms with van der Waals surface area (Å²) in [6.45, 7) is 5.00. The molecule has 0 radical (unpaired) electrons. The Labute approximate surface area is 147 Å². The first kappa shape index (κ1) is 16.9. The molecule has 0 bridgehead atoms. The second kappa shape index (κ2) is 7.70. The van der Waals surface area contributed by atoms with Gasteiger partial charge in [0.1, 0.15) is 5.82 Å². The summed E-state index contributed by atoms with van der Waals surface area (Å²) in [4.78, 5) is 0. The number of nitrogens with one attached hydrogen (secondary N) is 1. The normalized spacial score (nSPS) is 12.4. The van der Waals surface area contributed by atoms with Gasteiger partial charge in [-0.1, -0.05) is 28.9 Å². The van der Waals surface area contributed by atoms with Gasteiger partial charge in [0, 0.05) is 14.1 Å². The Bertz CT molecular complexity index is 630. The van der Waals surface area contributed by atoms with Crippen molar-refractivity contribution in [1.82, 2.24) is 5.32 Å². The Balaban J connectivity index is 2.35. The highest BCUT2D eigenvalue weighted by molar-refractivity contribution is 14.1. The lowest BCUT2D eigenvalue weighted by Gasteiger charge is -2.21. The summed E-state index contributed by atoms with van der Waals surface area (Å²) in [7, 11) is 0. The predicted octanol–water partition coefficient (Wildman–Crippen LogP) is 5.39. The summed E-state index contributed by atoms with van der Waals surface area (Å²) in [5.41, 5.74) is 3.43. The summed E-state index contributed by atoms with van der Waals surface area (Å²) in [6, 6.07) is 11.5. The Morgan fingerprint density at radius 2 is 2.00 bits per heavy atom. The molecule has 1 atom stereocenters. The zero-order valence-corrected chi connectivity index (χ0v) is 15.8. The van der Waals surface area contributed by atoms with E-state index in [2.05, 4.69) is 62.9 Å². The van der Waals surface area contributed by atoms with E-state index in [1.165, 1.54) is 15.2 Å². The molecule has 0 fully saturated rings. The van der Waals surface area contributed by atoms with E-state index in [1.807, 2.05) is 19.1 Å². The molecule has 0 aliphatic rings. The molecule has 0 saturated heterocycles. The quantitative estimate of drug-likeness (QED) is 0.588. The zero-order chi connectivity index (χ0) is 15.4. The maximum absolute atomic E-state index is 13.5. The second-order valence-electron chi connectivity index (χ2n) is 5.05. The highest BCUT2D eigenvalue weighted by atomic mass is 127. The molecule has 112 valence electrons. The van der Waals surface area contributed by atoms with Gasteiger partial charge in [0.2, 0.25) is 0 Å². The average molecular weight is 462 g/mol. The van der Waals surface area contributed by atoms with E-state index in [4.69, 9.17) is 0 Å². The minimum Gasteiger partial charge on any atom is -0.310 e. The summed E-state index contributed by atoms with van der Waals surface area (Å²) in [6.07, 6.45) is 0.782. The van der Waals surface area contributed by atoms with E-state index in [-0.39, 0.29) is 11.9 Å². The molecule has 0 amide bonds. The molecule has 0 aliphatic heterocycles. The van der Waals surface area contributed by atoms with Gasteiger partial charge in [0.15, 0.2) is 0 Å². The SMILES string of the molecule is CCNC(Cc1cc(F)ccc1C)c1cc(Br)ccc1I. The first-order valence-corrected chi connectivity index (χ1v) is 8.81. The van der Waals surface area contributed by atoms with Crippen LogP contribution in [0.1, 0.15) is 29.7 Å². The average Bonchev–Trinajstić information content (AvgIpc) is 2.45. The van der Waals surface area contributed by atoms with Crippen LogP contribution in [0.15, 0.2) is 40.9 Å². The molecule has 0 spiro atoms. The lowest BCUT2D eigenvalue weighted by atomic mass is 9.96.